The first-order valence-corrected chi connectivity index (χ1v) is 7.60. The van der Waals surface area contributed by atoms with Crippen molar-refractivity contribution in [3.05, 3.63) is 0 Å². The van der Waals surface area contributed by atoms with E-state index in [-0.39, 0.29) is 5.96 Å². The number of rotatable bonds is 12. The van der Waals surface area contributed by atoms with Gasteiger partial charge in [0.25, 0.3) is 0 Å². The Morgan fingerprint density at radius 2 is 1.64 bits per heavy atom. The Labute approximate surface area is 132 Å². The second-order valence-electron chi connectivity index (χ2n) is 4.78. The van der Waals surface area contributed by atoms with E-state index in [9.17, 15) is 4.79 Å². The molecule has 0 aromatic rings. The smallest absolute Gasteiger partial charge is 0.320 e. The van der Waals surface area contributed by atoms with Crippen LogP contribution in [0.5, 0.6) is 0 Å². The zero-order chi connectivity index (χ0) is 17.2. The van der Waals surface area contributed by atoms with Gasteiger partial charge in [0.05, 0.1) is 0 Å². The van der Waals surface area contributed by atoms with E-state index in [1.165, 1.54) is 6.42 Å². The summed E-state index contributed by atoms with van der Waals surface area (Å²) in [5.74, 6) is -0.987. The third kappa shape index (κ3) is 20.9. The van der Waals surface area contributed by atoms with Gasteiger partial charge < -0.3 is 39.1 Å². The van der Waals surface area contributed by atoms with Gasteiger partial charge in [-0.05, 0) is 58.3 Å². The second kappa shape index (κ2) is 17.6. The molecule has 9 heteroatoms. The van der Waals surface area contributed by atoms with Crippen LogP contribution in [-0.2, 0) is 4.79 Å². The van der Waals surface area contributed by atoms with E-state index in [2.05, 4.69) is 10.3 Å². The molecule has 0 aromatic carbocycles. The van der Waals surface area contributed by atoms with Gasteiger partial charge in [-0.3, -0.25) is 9.79 Å². The van der Waals surface area contributed by atoms with Crippen LogP contribution in [-0.4, -0.2) is 55.8 Å². The van der Waals surface area contributed by atoms with Crippen LogP contribution in [0.3, 0.4) is 0 Å². The van der Waals surface area contributed by atoms with Crippen LogP contribution in [0.25, 0.3) is 0 Å². The Bertz CT molecular complexity index is 276. The molecule has 1 unspecified atom stereocenters. The van der Waals surface area contributed by atoms with Crippen molar-refractivity contribution in [3.63, 3.8) is 0 Å². The van der Waals surface area contributed by atoms with Gasteiger partial charge in [0, 0.05) is 6.54 Å². The molecule has 9 nitrogen and oxygen atoms in total. The van der Waals surface area contributed by atoms with Crippen molar-refractivity contribution in [1.29, 1.82) is 0 Å². The lowest BCUT2D eigenvalue weighted by atomic mass is 10.2. The van der Waals surface area contributed by atoms with E-state index in [1.807, 2.05) is 0 Å². The zero-order valence-electron chi connectivity index (χ0n) is 13.3. The van der Waals surface area contributed by atoms with E-state index >= 15 is 0 Å². The lowest BCUT2D eigenvalue weighted by molar-refractivity contribution is -0.138. The number of unbranched alkanes of at least 4 members (excludes halogenated alkanes) is 1. The Morgan fingerprint density at radius 1 is 1.05 bits per heavy atom. The van der Waals surface area contributed by atoms with E-state index < -0.39 is 12.0 Å². The first-order chi connectivity index (χ1) is 10.5. The summed E-state index contributed by atoms with van der Waals surface area (Å²) in [6, 6.07) is -0.820. The van der Waals surface area contributed by atoms with Crippen molar-refractivity contribution < 1.29 is 9.90 Å². The molecule has 0 aliphatic heterocycles. The topological polar surface area (TPSA) is 192 Å². The molecule has 12 N–H and O–H groups in total. The molecule has 0 heterocycles. The molecule has 22 heavy (non-hydrogen) atoms. The Balaban J connectivity index is 0. The first kappa shape index (κ1) is 22.9. The summed E-state index contributed by atoms with van der Waals surface area (Å²) in [7, 11) is 0. The average molecular weight is 319 g/mol. The molecule has 0 aromatic heterocycles. The van der Waals surface area contributed by atoms with E-state index in [4.69, 9.17) is 33.8 Å². The largest absolute Gasteiger partial charge is 0.480 e. The predicted octanol–water partition coefficient (Wildman–Crippen LogP) is -1.88. The number of aliphatic imine (C=N–C) groups is 1. The summed E-state index contributed by atoms with van der Waals surface area (Å²) >= 11 is 0. The van der Waals surface area contributed by atoms with Crippen LogP contribution >= 0.6 is 0 Å². The van der Waals surface area contributed by atoms with Crippen LogP contribution in [0, 0.1) is 0 Å². The van der Waals surface area contributed by atoms with E-state index in [0.717, 1.165) is 39.0 Å². The predicted molar refractivity (Wildman–Crippen MR) is 90.4 cm³/mol. The average Bonchev–Trinajstić information content (AvgIpc) is 2.47. The number of nitrogens with two attached hydrogens (primary N) is 5. The van der Waals surface area contributed by atoms with Crippen molar-refractivity contribution in [3.8, 4) is 0 Å². The lowest BCUT2D eigenvalue weighted by Crippen LogP contribution is -2.30. The fourth-order valence-corrected chi connectivity index (χ4v) is 1.39. The number of aliphatic carboxylic acids is 1. The summed E-state index contributed by atoms with van der Waals surface area (Å²) in [6.45, 7) is 4.13. The SMILES string of the molecule is NC(N)=NCCCC(N)C(=O)O.NCCCCNCCCN. The molecule has 0 aliphatic rings. The van der Waals surface area contributed by atoms with Gasteiger partial charge >= 0.3 is 5.97 Å². The monoisotopic (exact) mass is 319 g/mol. The Hall–Kier alpha value is -1.42. The molecule has 0 spiro atoms. The van der Waals surface area contributed by atoms with Crippen molar-refractivity contribution in [2.24, 2.45) is 33.7 Å². The minimum Gasteiger partial charge on any atom is -0.480 e. The van der Waals surface area contributed by atoms with Gasteiger partial charge in [-0.2, -0.15) is 0 Å². The molecule has 0 saturated heterocycles. The fraction of sp³-hybridized carbons (Fsp3) is 0.846. The van der Waals surface area contributed by atoms with Crippen molar-refractivity contribution in [2.45, 2.75) is 38.1 Å². The van der Waals surface area contributed by atoms with Gasteiger partial charge in [-0.25, -0.2) is 0 Å². The van der Waals surface area contributed by atoms with Crippen molar-refractivity contribution in [2.75, 3.05) is 32.7 Å². The minimum atomic E-state index is -1.00. The molecule has 0 bridgehead atoms. The van der Waals surface area contributed by atoms with Gasteiger partial charge in [-0.15, -0.1) is 0 Å². The van der Waals surface area contributed by atoms with Crippen molar-refractivity contribution in [1.82, 2.24) is 5.32 Å². The highest BCUT2D eigenvalue weighted by molar-refractivity contribution is 5.75. The first-order valence-electron chi connectivity index (χ1n) is 7.60. The van der Waals surface area contributed by atoms with Crippen LogP contribution in [0.15, 0.2) is 4.99 Å². The van der Waals surface area contributed by atoms with Gasteiger partial charge in [0.15, 0.2) is 5.96 Å². The van der Waals surface area contributed by atoms with E-state index in [1.54, 1.807) is 0 Å². The van der Waals surface area contributed by atoms with Crippen LogP contribution in [0.2, 0.25) is 0 Å². The summed E-state index contributed by atoms with van der Waals surface area (Å²) in [5, 5.41) is 11.7. The number of nitrogens with zero attached hydrogens (tertiary/aromatic N) is 1. The molecule has 0 aliphatic carbocycles. The maximum absolute atomic E-state index is 10.2. The lowest BCUT2D eigenvalue weighted by Gasteiger charge is -2.03. The fourth-order valence-electron chi connectivity index (χ4n) is 1.39. The van der Waals surface area contributed by atoms with E-state index in [0.29, 0.717) is 19.4 Å². The number of carboxylic acid groups (broad SMARTS) is 1. The zero-order valence-corrected chi connectivity index (χ0v) is 13.3. The highest BCUT2D eigenvalue weighted by atomic mass is 16.4. The molecule has 0 saturated carbocycles. The quantitative estimate of drug-likeness (QED) is 0.123. The Morgan fingerprint density at radius 3 is 2.14 bits per heavy atom. The summed E-state index contributed by atoms with van der Waals surface area (Å²) < 4.78 is 0. The van der Waals surface area contributed by atoms with Crippen LogP contribution in [0.1, 0.15) is 32.1 Å². The molecule has 0 radical (unpaired) electrons. The highest BCUT2D eigenvalue weighted by Crippen LogP contribution is 1.94. The van der Waals surface area contributed by atoms with Gasteiger partial charge in [-0.1, -0.05) is 0 Å². The van der Waals surface area contributed by atoms with Crippen molar-refractivity contribution >= 4 is 11.9 Å². The summed E-state index contributed by atoms with van der Waals surface area (Å²) in [5.41, 5.74) is 26.0. The summed E-state index contributed by atoms with van der Waals surface area (Å²) in [4.78, 5) is 13.9. The number of hydrogen-bond acceptors (Lipinski definition) is 6. The molecule has 132 valence electrons. The molecule has 1 atom stereocenters. The Kier molecular flexibility index (Phi) is 18.3. The second-order valence-corrected chi connectivity index (χ2v) is 4.78. The molecular weight excluding hydrogens is 286 g/mol. The molecule has 0 rings (SSSR count). The maximum atomic E-state index is 10.2. The minimum absolute atomic E-state index is 0.0129. The highest BCUT2D eigenvalue weighted by Gasteiger charge is 2.09. The van der Waals surface area contributed by atoms with Crippen LogP contribution in [0.4, 0.5) is 0 Å². The third-order valence-electron chi connectivity index (χ3n) is 2.65. The molecular formula is C13H33N7O2. The number of carboxylic acids is 1. The summed E-state index contributed by atoms with van der Waals surface area (Å²) in [6.07, 6.45) is 4.33. The number of hydrogen-bond donors (Lipinski definition) is 7. The third-order valence-corrected chi connectivity index (χ3v) is 2.65. The van der Waals surface area contributed by atoms with Gasteiger partial charge in [0.1, 0.15) is 6.04 Å². The number of nitrogens with one attached hydrogen (secondary N) is 1. The molecule has 0 fully saturated rings. The van der Waals surface area contributed by atoms with Gasteiger partial charge in [0.2, 0.25) is 0 Å². The number of guanidine groups is 1. The number of carbonyl (C=O) groups is 1. The molecule has 0 amide bonds. The standard InChI is InChI=1S/C7H19N3.C6H14N4O2/c8-4-1-2-6-10-7-3-5-9;7-4(5(11)12)2-1-3-10-6(8)9/h10H,1-9H2;4H,1-3,7H2,(H,11,12)(H4,8,9,10). The normalized spacial score (nSPS) is 11.2. The van der Waals surface area contributed by atoms with Crippen LogP contribution < -0.4 is 34.0 Å². The maximum Gasteiger partial charge on any atom is 0.320 e.